The Morgan fingerprint density at radius 3 is 2.73 bits per heavy atom. The van der Waals surface area contributed by atoms with Gasteiger partial charge in [-0.05, 0) is 69.6 Å². The highest BCUT2D eigenvalue weighted by molar-refractivity contribution is 8.26. The monoisotopic (exact) mass is 464 g/mol. The highest BCUT2D eigenvalue weighted by Crippen LogP contribution is 2.35. The van der Waals surface area contributed by atoms with Crippen molar-refractivity contribution in [1.29, 1.82) is 10.8 Å². The lowest BCUT2D eigenvalue weighted by atomic mass is 10.0. The summed E-state index contributed by atoms with van der Waals surface area (Å²) >= 11 is 1.23. The van der Waals surface area contributed by atoms with Gasteiger partial charge in [-0.2, -0.15) is 0 Å². The smallest absolute Gasteiger partial charge is 0.178 e. The van der Waals surface area contributed by atoms with E-state index in [2.05, 4.69) is 26.3 Å². The van der Waals surface area contributed by atoms with Crippen LogP contribution in [0.1, 0.15) is 42.5 Å². The maximum absolute atomic E-state index is 8.39. The highest BCUT2D eigenvalue weighted by atomic mass is 32.2. The number of hydrogen-bond donors (Lipinski definition) is 5. The number of nitrogens with one attached hydrogen (secondary N) is 4. The van der Waals surface area contributed by atoms with Crippen molar-refractivity contribution in [2.75, 3.05) is 20.1 Å². The van der Waals surface area contributed by atoms with Gasteiger partial charge in [-0.25, -0.2) is 9.98 Å². The molecule has 4 rings (SSSR count). The largest absolute Gasteiger partial charge is 0.390 e. The summed E-state index contributed by atoms with van der Waals surface area (Å²) in [5.74, 6) is 0.863. The van der Waals surface area contributed by atoms with Crippen molar-refractivity contribution in [3.63, 3.8) is 0 Å². The molecule has 2 aliphatic rings. The summed E-state index contributed by atoms with van der Waals surface area (Å²) in [6.45, 7) is 2.94. The Bertz CT molecular complexity index is 1040. The van der Waals surface area contributed by atoms with Gasteiger partial charge in [0.05, 0.1) is 22.8 Å². The molecule has 1 saturated heterocycles. The third-order valence-corrected chi connectivity index (χ3v) is 7.14. The van der Waals surface area contributed by atoms with E-state index in [0.29, 0.717) is 33.6 Å². The van der Waals surface area contributed by atoms with Gasteiger partial charge >= 0.3 is 0 Å². The molecule has 0 amide bonds. The van der Waals surface area contributed by atoms with E-state index in [0.717, 1.165) is 62.1 Å². The van der Waals surface area contributed by atoms with Crippen LogP contribution in [0.25, 0.3) is 0 Å². The van der Waals surface area contributed by atoms with Crippen LogP contribution < -0.4 is 11.1 Å². The van der Waals surface area contributed by atoms with Crippen molar-refractivity contribution < 1.29 is 0 Å². The number of piperidine rings is 1. The molecular formula is C24H32N8S. The fourth-order valence-corrected chi connectivity index (χ4v) is 4.89. The summed E-state index contributed by atoms with van der Waals surface area (Å²) < 4.78 is 0. The number of benzene rings is 1. The van der Waals surface area contributed by atoms with Crippen LogP contribution in [0.2, 0.25) is 0 Å². The number of amidine groups is 1. The Morgan fingerprint density at radius 1 is 1.24 bits per heavy atom. The highest BCUT2D eigenvalue weighted by Gasteiger charge is 2.27. The fraction of sp³-hybridized carbons (Fsp3) is 0.417. The first-order chi connectivity index (χ1) is 16.1. The minimum absolute atomic E-state index is 0.345. The molecule has 33 heavy (non-hydrogen) atoms. The molecule has 8 nitrogen and oxygen atoms in total. The molecule has 1 aromatic heterocycles. The number of aromatic amines is 1. The van der Waals surface area contributed by atoms with Crippen LogP contribution in [0, 0.1) is 16.7 Å². The predicted octanol–water partition coefficient (Wildman–Crippen LogP) is 3.71. The maximum Gasteiger partial charge on any atom is 0.178 e. The summed E-state index contributed by atoms with van der Waals surface area (Å²) in [5, 5.41) is 20.8. The second kappa shape index (κ2) is 10.9. The lowest BCUT2D eigenvalue weighted by molar-refractivity contribution is 0.194. The lowest BCUT2D eigenvalue weighted by Crippen LogP contribution is -2.40. The van der Waals surface area contributed by atoms with Crippen LogP contribution in [0.15, 0.2) is 46.5 Å². The first-order valence-corrected chi connectivity index (χ1v) is 12.2. The molecule has 1 aliphatic carbocycles. The molecule has 174 valence electrons. The second-order valence-electron chi connectivity index (χ2n) is 8.55. The SMILES string of the molecule is CNC1CCN(Cc2cc[nH]c2C(N=CN)=Nc2cccc(C(=N)SC(=N)C3CC3)c2)CC1. The molecule has 1 saturated carbocycles. The van der Waals surface area contributed by atoms with Crippen LogP contribution in [0.5, 0.6) is 0 Å². The van der Waals surface area contributed by atoms with Gasteiger partial charge in [-0.15, -0.1) is 0 Å². The van der Waals surface area contributed by atoms with Crippen LogP contribution in [-0.2, 0) is 6.54 Å². The van der Waals surface area contributed by atoms with Crippen molar-refractivity contribution in [2.45, 2.75) is 38.3 Å². The van der Waals surface area contributed by atoms with Gasteiger partial charge in [-0.1, -0.05) is 23.9 Å². The summed E-state index contributed by atoms with van der Waals surface area (Å²) in [4.78, 5) is 14.9. The van der Waals surface area contributed by atoms with E-state index in [4.69, 9.17) is 21.5 Å². The number of aromatic nitrogens is 1. The van der Waals surface area contributed by atoms with E-state index < -0.39 is 0 Å². The molecule has 9 heteroatoms. The molecule has 2 fully saturated rings. The third-order valence-electron chi connectivity index (χ3n) is 6.15. The zero-order valence-electron chi connectivity index (χ0n) is 19.0. The van der Waals surface area contributed by atoms with Gasteiger partial charge < -0.3 is 16.0 Å². The zero-order chi connectivity index (χ0) is 23.2. The average Bonchev–Trinajstić information content (AvgIpc) is 3.59. The first-order valence-electron chi connectivity index (χ1n) is 11.4. The van der Waals surface area contributed by atoms with Crippen LogP contribution in [0.4, 0.5) is 5.69 Å². The van der Waals surface area contributed by atoms with Gasteiger partial charge in [0.1, 0.15) is 5.04 Å². The van der Waals surface area contributed by atoms with Crippen molar-refractivity contribution in [2.24, 2.45) is 21.6 Å². The normalized spacial score (nSPS) is 18.2. The topological polar surface area (TPSA) is 130 Å². The lowest BCUT2D eigenvalue weighted by Gasteiger charge is -2.31. The molecule has 1 aromatic carbocycles. The van der Waals surface area contributed by atoms with Crippen LogP contribution >= 0.6 is 11.8 Å². The molecule has 0 atom stereocenters. The minimum Gasteiger partial charge on any atom is -0.390 e. The number of hydrogen-bond acceptors (Lipinski definition) is 6. The van der Waals surface area contributed by atoms with E-state index in [1.54, 1.807) is 0 Å². The molecule has 6 N–H and O–H groups in total. The summed E-state index contributed by atoms with van der Waals surface area (Å²) in [5.41, 5.74) is 9.11. The Kier molecular flexibility index (Phi) is 7.74. The van der Waals surface area contributed by atoms with Crippen LogP contribution in [0.3, 0.4) is 0 Å². The van der Waals surface area contributed by atoms with E-state index in [-0.39, 0.29) is 0 Å². The number of nitrogens with zero attached hydrogens (tertiary/aromatic N) is 3. The molecule has 0 unspecified atom stereocenters. The van der Waals surface area contributed by atoms with Gasteiger partial charge in [0.2, 0.25) is 0 Å². The molecule has 2 aromatic rings. The number of thioether (sulfide) groups is 1. The average molecular weight is 465 g/mol. The molecule has 1 aliphatic heterocycles. The predicted molar refractivity (Wildman–Crippen MR) is 138 cm³/mol. The number of H-pyrrole nitrogens is 1. The van der Waals surface area contributed by atoms with E-state index in [9.17, 15) is 0 Å². The summed E-state index contributed by atoms with van der Waals surface area (Å²) in [6, 6.07) is 10.2. The molecule has 0 radical (unpaired) electrons. The molecular weight excluding hydrogens is 432 g/mol. The minimum atomic E-state index is 0.345. The summed E-state index contributed by atoms with van der Waals surface area (Å²) in [7, 11) is 2.03. The second-order valence-corrected chi connectivity index (χ2v) is 9.60. The maximum atomic E-state index is 8.39. The fourth-order valence-electron chi connectivity index (χ4n) is 4.02. The molecule has 0 bridgehead atoms. The Balaban J connectivity index is 1.51. The first kappa shape index (κ1) is 23.4. The van der Waals surface area contributed by atoms with Crippen molar-refractivity contribution in [1.82, 2.24) is 15.2 Å². The van der Waals surface area contributed by atoms with Crippen molar-refractivity contribution in [3.8, 4) is 0 Å². The van der Waals surface area contributed by atoms with E-state index in [1.807, 2.05) is 37.5 Å². The van der Waals surface area contributed by atoms with Crippen molar-refractivity contribution >= 4 is 39.7 Å². The van der Waals surface area contributed by atoms with Crippen LogP contribution in [-0.4, -0.2) is 58.3 Å². The zero-order valence-corrected chi connectivity index (χ0v) is 19.8. The Morgan fingerprint density at radius 2 is 2.03 bits per heavy atom. The Labute approximate surface area is 199 Å². The van der Waals surface area contributed by atoms with E-state index in [1.165, 1.54) is 18.1 Å². The molecule has 2 heterocycles. The quantitative estimate of drug-likeness (QED) is 0.316. The standard InChI is InChI=1S/C24H32N8S/c1-28-19-8-11-32(12-9-19)14-18-7-10-29-21(18)24(30-15-25)31-20-4-2-3-17(13-20)23(27)33-22(26)16-5-6-16/h2-4,7,10,13,15-16,19,26-29H,5-6,8-9,11-12,14H2,1H3,(H2,25,30,31). The number of aliphatic imine (C=N–C) groups is 2. The van der Waals surface area contributed by atoms with E-state index >= 15 is 0 Å². The number of likely N-dealkylation sites (tertiary alicyclic amines) is 1. The van der Waals surface area contributed by atoms with Gasteiger partial charge in [0, 0.05) is 30.3 Å². The van der Waals surface area contributed by atoms with Gasteiger partial charge in [0.25, 0.3) is 0 Å². The number of rotatable bonds is 7. The van der Waals surface area contributed by atoms with Gasteiger partial charge in [0.15, 0.2) is 5.84 Å². The van der Waals surface area contributed by atoms with Gasteiger partial charge in [-0.3, -0.25) is 15.7 Å². The third kappa shape index (κ3) is 6.19. The summed E-state index contributed by atoms with van der Waals surface area (Å²) in [6.07, 6.45) is 7.60. The number of nitrogens with two attached hydrogens (primary N) is 1. The molecule has 0 spiro atoms. The Hall–Kier alpha value is -2.75. The van der Waals surface area contributed by atoms with Crippen molar-refractivity contribution in [3.05, 3.63) is 53.3 Å².